The van der Waals surface area contributed by atoms with Crippen LogP contribution in [0.1, 0.15) is 22.2 Å². The lowest BCUT2D eigenvalue weighted by atomic mass is 10.0. The van der Waals surface area contributed by atoms with Crippen molar-refractivity contribution in [3.63, 3.8) is 0 Å². The highest BCUT2D eigenvalue weighted by Crippen LogP contribution is 2.28. The van der Waals surface area contributed by atoms with Gasteiger partial charge in [-0.1, -0.05) is 11.2 Å². The number of carbonyl (C=O) groups excluding carboxylic acids is 1. The molecule has 2 saturated heterocycles. The zero-order chi connectivity index (χ0) is 18.3. The van der Waals surface area contributed by atoms with Gasteiger partial charge in [0.25, 0.3) is 5.91 Å². The number of amides is 1. The van der Waals surface area contributed by atoms with Crippen molar-refractivity contribution in [3.05, 3.63) is 41.8 Å². The minimum atomic E-state index is -3.22. The SMILES string of the molecule is Cc1nc(CN2CCN(C(=O)c3ccccn3)[C@@H]3CS(=O)(=O)C[C@@H]32)no1. The van der Waals surface area contributed by atoms with Gasteiger partial charge in [0, 0.05) is 32.3 Å². The molecule has 26 heavy (non-hydrogen) atoms. The largest absolute Gasteiger partial charge is 0.340 e. The van der Waals surface area contributed by atoms with E-state index in [1.165, 1.54) is 0 Å². The molecule has 0 aliphatic carbocycles. The van der Waals surface area contributed by atoms with E-state index in [1.54, 1.807) is 36.2 Å². The highest BCUT2D eigenvalue weighted by atomic mass is 32.2. The van der Waals surface area contributed by atoms with Crippen molar-refractivity contribution in [1.82, 2.24) is 24.9 Å². The normalized spacial score (nSPS) is 25.2. The predicted octanol–water partition coefficient (Wildman–Crippen LogP) is -0.103. The van der Waals surface area contributed by atoms with E-state index >= 15 is 0 Å². The predicted molar refractivity (Wildman–Crippen MR) is 90.9 cm³/mol. The number of nitrogens with zero attached hydrogens (tertiary/aromatic N) is 5. The first-order valence-corrected chi connectivity index (χ1v) is 10.2. The number of aromatic nitrogens is 3. The van der Waals surface area contributed by atoms with Gasteiger partial charge in [-0.2, -0.15) is 4.98 Å². The number of rotatable bonds is 3. The van der Waals surface area contributed by atoms with E-state index in [-0.39, 0.29) is 23.5 Å². The third-order valence-electron chi connectivity index (χ3n) is 4.85. The molecule has 0 saturated carbocycles. The van der Waals surface area contributed by atoms with Crippen LogP contribution in [-0.2, 0) is 16.4 Å². The number of piperazine rings is 1. The molecule has 2 fully saturated rings. The average Bonchev–Trinajstić information content (AvgIpc) is 3.17. The second-order valence-electron chi connectivity index (χ2n) is 6.63. The summed E-state index contributed by atoms with van der Waals surface area (Å²) in [5.41, 5.74) is 0.331. The van der Waals surface area contributed by atoms with Crippen LogP contribution in [0.3, 0.4) is 0 Å². The maximum atomic E-state index is 12.8. The van der Waals surface area contributed by atoms with Crippen molar-refractivity contribution in [3.8, 4) is 0 Å². The highest BCUT2D eigenvalue weighted by Gasteiger charge is 2.48. The van der Waals surface area contributed by atoms with Crippen LogP contribution in [0.2, 0.25) is 0 Å². The first kappa shape index (κ1) is 17.1. The van der Waals surface area contributed by atoms with Crippen molar-refractivity contribution in [2.45, 2.75) is 25.6 Å². The lowest BCUT2D eigenvalue weighted by Crippen LogP contribution is -2.60. The monoisotopic (exact) mass is 377 g/mol. The number of pyridine rings is 1. The molecule has 0 aromatic carbocycles. The van der Waals surface area contributed by atoms with Gasteiger partial charge in [-0.3, -0.25) is 14.7 Å². The van der Waals surface area contributed by atoms with E-state index < -0.39 is 15.9 Å². The Labute approximate surface area is 150 Å². The standard InChI is InChI=1S/C16H19N5O4S/c1-11-18-15(19-25-11)8-20-6-7-21(14-10-26(23,24)9-13(14)20)16(22)12-4-2-3-5-17-12/h2-5,13-14H,6-10H2,1H3/t13-,14+/m0/s1. The summed E-state index contributed by atoms with van der Waals surface area (Å²) in [7, 11) is -3.22. The quantitative estimate of drug-likeness (QED) is 0.729. The molecule has 0 unspecified atom stereocenters. The van der Waals surface area contributed by atoms with Crippen LogP contribution in [0.25, 0.3) is 0 Å². The summed E-state index contributed by atoms with van der Waals surface area (Å²) >= 11 is 0. The second-order valence-corrected chi connectivity index (χ2v) is 8.78. The van der Waals surface area contributed by atoms with Gasteiger partial charge in [0.1, 0.15) is 5.69 Å². The Morgan fingerprint density at radius 3 is 2.77 bits per heavy atom. The van der Waals surface area contributed by atoms with Gasteiger partial charge < -0.3 is 9.42 Å². The third-order valence-corrected chi connectivity index (χ3v) is 6.55. The molecule has 0 N–H and O–H groups in total. The Kier molecular flexibility index (Phi) is 4.23. The Bertz CT molecular complexity index is 914. The van der Waals surface area contributed by atoms with Gasteiger partial charge in [0.15, 0.2) is 15.7 Å². The number of aryl methyl sites for hydroxylation is 1. The summed E-state index contributed by atoms with van der Waals surface area (Å²) in [4.78, 5) is 24.8. The molecule has 0 bridgehead atoms. The fraction of sp³-hybridized carbons (Fsp3) is 0.500. The average molecular weight is 377 g/mol. The fourth-order valence-electron chi connectivity index (χ4n) is 3.70. The second kappa shape index (κ2) is 6.44. The topological polar surface area (TPSA) is 110 Å². The highest BCUT2D eigenvalue weighted by molar-refractivity contribution is 7.91. The van der Waals surface area contributed by atoms with Crippen LogP contribution >= 0.6 is 0 Å². The van der Waals surface area contributed by atoms with Gasteiger partial charge in [-0.05, 0) is 12.1 Å². The number of hydrogen-bond acceptors (Lipinski definition) is 8. The van der Waals surface area contributed by atoms with E-state index in [0.29, 0.717) is 37.0 Å². The summed E-state index contributed by atoms with van der Waals surface area (Å²) in [6.07, 6.45) is 1.56. The van der Waals surface area contributed by atoms with E-state index in [4.69, 9.17) is 4.52 Å². The molecule has 0 radical (unpaired) electrons. The molecule has 10 heteroatoms. The maximum absolute atomic E-state index is 12.8. The zero-order valence-electron chi connectivity index (χ0n) is 14.3. The van der Waals surface area contributed by atoms with Gasteiger partial charge in [0.05, 0.1) is 24.1 Å². The van der Waals surface area contributed by atoms with E-state index in [1.807, 2.05) is 4.90 Å². The Balaban J connectivity index is 1.58. The van der Waals surface area contributed by atoms with Crippen LogP contribution in [0.4, 0.5) is 0 Å². The van der Waals surface area contributed by atoms with Crippen molar-refractivity contribution in [2.24, 2.45) is 0 Å². The van der Waals surface area contributed by atoms with Crippen LogP contribution in [0.5, 0.6) is 0 Å². The molecular weight excluding hydrogens is 358 g/mol. The van der Waals surface area contributed by atoms with Crippen LogP contribution < -0.4 is 0 Å². The Hall–Kier alpha value is -2.33. The van der Waals surface area contributed by atoms with Gasteiger partial charge in [-0.15, -0.1) is 0 Å². The van der Waals surface area contributed by atoms with Gasteiger partial charge in [-0.25, -0.2) is 8.42 Å². The van der Waals surface area contributed by atoms with Gasteiger partial charge >= 0.3 is 0 Å². The maximum Gasteiger partial charge on any atom is 0.272 e. The number of sulfone groups is 1. The van der Waals surface area contributed by atoms with Gasteiger partial charge in [0.2, 0.25) is 5.89 Å². The molecule has 4 rings (SSSR count). The lowest BCUT2D eigenvalue weighted by molar-refractivity contribution is 0.0291. The van der Waals surface area contributed by atoms with Crippen molar-refractivity contribution in [1.29, 1.82) is 0 Å². The van der Waals surface area contributed by atoms with Crippen LogP contribution in [0.15, 0.2) is 28.9 Å². The van der Waals surface area contributed by atoms with E-state index in [2.05, 4.69) is 15.1 Å². The molecule has 2 aromatic rings. The molecule has 138 valence electrons. The summed E-state index contributed by atoms with van der Waals surface area (Å²) in [6.45, 7) is 3.09. The Morgan fingerprint density at radius 1 is 1.27 bits per heavy atom. The molecule has 0 spiro atoms. The summed E-state index contributed by atoms with van der Waals surface area (Å²) < 4.78 is 29.5. The first-order chi connectivity index (χ1) is 12.4. The van der Waals surface area contributed by atoms with E-state index in [9.17, 15) is 13.2 Å². The molecule has 1 amide bonds. The molecule has 4 heterocycles. The van der Waals surface area contributed by atoms with Crippen molar-refractivity contribution in [2.75, 3.05) is 24.6 Å². The van der Waals surface area contributed by atoms with Crippen molar-refractivity contribution < 1.29 is 17.7 Å². The van der Waals surface area contributed by atoms with Crippen molar-refractivity contribution >= 4 is 15.7 Å². The summed E-state index contributed by atoms with van der Waals surface area (Å²) in [5.74, 6) is 0.765. The minimum absolute atomic E-state index is 0.0283. The molecule has 2 aliphatic rings. The Morgan fingerprint density at radius 2 is 2.08 bits per heavy atom. The summed E-state index contributed by atoms with van der Waals surface area (Å²) in [5, 5.41) is 3.89. The number of fused-ring (bicyclic) bond motifs is 1. The van der Waals surface area contributed by atoms with Crippen LogP contribution in [-0.4, -0.2) is 75.9 Å². The fourth-order valence-corrected chi connectivity index (χ4v) is 5.71. The molecular formula is C16H19N5O4S. The smallest absolute Gasteiger partial charge is 0.272 e. The first-order valence-electron chi connectivity index (χ1n) is 8.38. The number of carbonyl (C=O) groups is 1. The third kappa shape index (κ3) is 3.21. The zero-order valence-corrected chi connectivity index (χ0v) is 15.1. The van der Waals surface area contributed by atoms with Crippen LogP contribution in [0, 0.1) is 6.92 Å². The van der Waals surface area contributed by atoms with E-state index in [0.717, 1.165) is 0 Å². The minimum Gasteiger partial charge on any atom is -0.340 e. The molecule has 2 aliphatic heterocycles. The summed E-state index contributed by atoms with van der Waals surface area (Å²) in [6, 6.07) is 4.47. The lowest BCUT2D eigenvalue weighted by Gasteiger charge is -2.43. The molecule has 9 nitrogen and oxygen atoms in total. The molecule has 2 atom stereocenters. The number of hydrogen-bond donors (Lipinski definition) is 0. The molecule has 2 aromatic heterocycles.